The van der Waals surface area contributed by atoms with Crippen LogP contribution in [0.4, 0.5) is 4.39 Å². The Hall–Kier alpha value is -2.11. The van der Waals surface area contributed by atoms with E-state index in [0.29, 0.717) is 11.5 Å². The van der Waals surface area contributed by atoms with Gasteiger partial charge in [-0.05, 0) is 17.7 Å². The van der Waals surface area contributed by atoms with Crippen molar-refractivity contribution in [1.82, 2.24) is 10.6 Å². The first-order chi connectivity index (χ1) is 8.15. The van der Waals surface area contributed by atoms with Crippen LogP contribution in [0.15, 0.2) is 23.2 Å². The van der Waals surface area contributed by atoms with Gasteiger partial charge in [-0.3, -0.25) is 15.1 Å². The maximum Gasteiger partial charge on any atom is 0.253 e. The smallest absolute Gasteiger partial charge is 0.253 e. The largest absolute Gasteiger partial charge is 0.494 e. The third kappa shape index (κ3) is 2.06. The summed E-state index contributed by atoms with van der Waals surface area (Å²) in [5.41, 5.74) is 0.527. The van der Waals surface area contributed by atoms with Crippen LogP contribution >= 0.6 is 0 Å². The second kappa shape index (κ2) is 4.40. The standard InChI is InChI=1S/C11H12FN3O2/c1-13-11-14-9(10(16)15-11)6-3-4-8(17-2)7(12)5-6/h3-5,9H,1-2H3,(H2,13,14,15,16). The number of aliphatic imine (C=N–C) groups is 1. The van der Waals surface area contributed by atoms with E-state index in [1.807, 2.05) is 0 Å². The van der Waals surface area contributed by atoms with Gasteiger partial charge in [0.25, 0.3) is 5.91 Å². The zero-order valence-corrected chi connectivity index (χ0v) is 9.45. The van der Waals surface area contributed by atoms with Crippen LogP contribution in [0.3, 0.4) is 0 Å². The summed E-state index contributed by atoms with van der Waals surface area (Å²) >= 11 is 0. The number of carbonyl (C=O) groups excluding carboxylic acids is 1. The molecule has 2 N–H and O–H groups in total. The topological polar surface area (TPSA) is 62.7 Å². The fourth-order valence-electron chi connectivity index (χ4n) is 1.64. The first kappa shape index (κ1) is 11.4. The lowest BCUT2D eigenvalue weighted by Crippen LogP contribution is -2.24. The molecule has 1 fully saturated rings. The summed E-state index contributed by atoms with van der Waals surface area (Å²) in [7, 11) is 2.94. The molecule has 0 aliphatic carbocycles. The van der Waals surface area contributed by atoms with Gasteiger partial charge in [-0.15, -0.1) is 0 Å². The van der Waals surface area contributed by atoms with Gasteiger partial charge in [-0.1, -0.05) is 6.07 Å². The van der Waals surface area contributed by atoms with Gasteiger partial charge in [0.05, 0.1) is 7.11 Å². The predicted octanol–water partition coefficient (Wildman–Crippen LogP) is 0.581. The summed E-state index contributed by atoms with van der Waals surface area (Å²) in [4.78, 5) is 15.4. The van der Waals surface area contributed by atoms with Crippen LogP contribution in [0.1, 0.15) is 11.6 Å². The highest BCUT2D eigenvalue weighted by Gasteiger charge is 2.29. The second-order valence-corrected chi connectivity index (χ2v) is 3.53. The van der Waals surface area contributed by atoms with Crippen LogP contribution < -0.4 is 15.4 Å². The lowest BCUT2D eigenvalue weighted by Gasteiger charge is -2.09. The Morgan fingerprint density at radius 2 is 2.24 bits per heavy atom. The monoisotopic (exact) mass is 237 g/mol. The van der Waals surface area contributed by atoms with Crippen molar-refractivity contribution in [2.24, 2.45) is 4.99 Å². The summed E-state index contributed by atoms with van der Waals surface area (Å²) in [5, 5.41) is 5.40. The number of hydrogen-bond acceptors (Lipinski definition) is 3. The number of rotatable bonds is 2. The Morgan fingerprint density at radius 3 is 2.76 bits per heavy atom. The number of hydrogen-bond donors (Lipinski definition) is 2. The van der Waals surface area contributed by atoms with Gasteiger partial charge in [-0.2, -0.15) is 0 Å². The normalized spacial score (nSPS) is 21.2. The lowest BCUT2D eigenvalue weighted by molar-refractivity contribution is -0.120. The first-order valence-electron chi connectivity index (χ1n) is 5.03. The van der Waals surface area contributed by atoms with Gasteiger partial charge in [0.1, 0.15) is 6.04 Å². The zero-order valence-electron chi connectivity index (χ0n) is 9.45. The minimum absolute atomic E-state index is 0.150. The summed E-state index contributed by atoms with van der Waals surface area (Å²) in [6, 6.07) is 3.78. The Kier molecular flexibility index (Phi) is 2.95. The molecular formula is C11H12FN3O2. The van der Waals surface area contributed by atoms with Crippen LogP contribution in [0.25, 0.3) is 0 Å². The lowest BCUT2D eigenvalue weighted by atomic mass is 10.1. The Morgan fingerprint density at radius 1 is 1.47 bits per heavy atom. The molecule has 0 radical (unpaired) electrons. The molecule has 17 heavy (non-hydrogen) atoms. The molecule has 0 bridgehead atoms. The van der Waals surface area contributed by atoms with E-state index in [1.165, 1.54) is 19.2 Å². The van der Waals surface area contributed by atoms with Crippen LogP contribution in [-0.4, -0.2) is 26.0 Å². The molecule has 90 valence electrons. The maximum atomic E-state index is 13.5. The van der Waals surface area contributed by atoms with E-state index in [4.69, 9.17) is 4.74 Å². The molecule has 1 amide bonds. The molecule has 5 nitrogen and oxygen atoms in total. The number of amides is 1. The maximum absolute atomic E-state index is 13.5. The minimum Gasteiger partial charge on any atom is -0.494 e. The van der Waals surface area contributed by atoms with E-state index in [1.54, 1.807) is 13.1 Å². The summed E-state index contributed by atoms with van der Waals surface area (Å²) in [6.07, 6.45) is 0. The van der Waals surface area contributed by atoms with Crippen molar-refractivity contribution in [3.8, 4) is 5.75 Å². The van der Waals surface area contributed by atoms with E-state index in [0.717, 1.165) is 0 Å². The van der Waals surface area contributed by atoms with E-state index in [2.05, 4.69) is 15.6 Å². The van der Waals surface area contributed by atoms with Crippen LogP contribution in [0, 0.1) is 5.82 Å². The minimum atomic E-state index is -0.617. The quantitative estimate of drug-likeness (QED) is 0.791. The highest BCUT2D eigenvalue weighted by atomic mass is 19.1. The van der Waals surface area contributed by atoms with E-state index in [-0.39, 0.29) is 11.7 Å². The molecule has 0 spiro atoms. The molecule has 1 aromatic rings. The van der Waals surface area contributed by atoms with Crippen molar-refractivity contribution in [3.63, 3.8) is 0 Å². The van der Waals surface area contributed by atoms with Gasteiger partial charge in [0.2, 0.25) is 0 Å². The fourth-order valence-corrected chi connectivity index (χ4v) is 1.64. The van der Waals surface area contributed by atoms with Crippen LogP contribution in [0.2, 0.25) is 0 Å². The zero-order chi connectivity index (χ0) is 12.4. The third-order valence-electron chi connectivity index (χ3n) is 2.52. The van der Waals surface area contributed by atoms with Gasteiger partial charge in [-0.25, -0.2) is 4.39 Å². The number of nitrogens with zero attached hydrogens (tertiary/aromatic N) is 1. The van der Waals surface area contributed by atoms with Crippen LogP contribution in [-0.2, 0) is 4.79 Å². The van der Waals surface area contributed by atoms with E-state index in [9.17, 15) is 9.18 Å². The Labute approximate surface area is 97.7 Å². The molecule has 1 heterocycles. The van der Waals surface area contributed by atoms with Crippen molar-refractivity contribution in [1.29, 1.82) is 0 Å². The highest BCUT2D eigenvalue weighted by molar-refractivity contribution is 6.06. The summed E-state index contributed by atoms with van der Waals surface area (Å²) in [5.74, 6) is -0.218. The molecule has 0 saturated carbocycles. The molecule has 1 atom stereocenters. The van der Waals surface area contributed by atoms with Gasteiger partial charge in [0.15, 0.2) is 17.5 Å². The van der Waals surface area contributed by atoms with Crippen molar-refractivity contribution in [2.75, 3.05) is 14.2 Å². The average molecular weight is 237 g/mol. The number of benzene rings is 1. The Balaban J connectivity index is 2.29. The van der Waals surface area contributed by atoms with Crippen molar-refractivity contribution < 1.29 is 13.9 Å². The number of halogens is 1. The first-order valence-corrected chi connectivity index (χ1v) is 5.03. The predicted molar refractivity (Wildman–Crippen MR) is 60.3 cm³/mol. The van der Waals surface area contributed by atoms with Crippen molar-refractivity contribution in [3.05, 3.63) is 29.6 Å². The highest BCUT2D eigenvalue weighted by Crippen LogP contribution is 2.23. The summed E-state index contributed by atoms with van der Waals surface area (Å²) in [6.45, 7) is 0. The molecule has 6 heteroatoms. The van der Waals surface area contributed by atoms with Crippen molar-refractivity contribution >= 4 is 11.9 Å². The number of methoxy groups -OCH3 is 1. The molecular weight excluding hydrogens is 225 g/mol. The second-order valence-electron chi connectivity index (χ2n) is 3.53. The summed E-state index contributed by atoms with van der Waals surface area (Å²) < 4.78 is 18.3. The molecule has 1 aliphatic rings. The molecule has 2 rings (SSSR count). The van der Waals surface area contributed by atoms with E-state index < -0.39 is 11.9 Å². The average Bonchev–Trinajstić information content (AvgIpc) is 2.70. The molecule has 1 aromatic carbocycles. The fraction of sp³-hybridized carbons (Fsp3) is 0.273. The Bertz CT molecular complexity index is 488. The SMILES string of the molecule is CN=C1NC(=O)C(c2ccc(OC)c(F)c2)N1. The molecule has 0 aromatic heterocycles. The number of ether oxygens (including phenoxy) is 1. The van der Waals surface area contributed by atoms with Gasteiger partial charge >= 0.3 is 0 Å². The van der Waals surface area contributed by atoms with Crippen LogP contribution in [0.5, 0.6) is 5.75 Å². The van der Waals surface area contributed by atoms with Crippen molar-refractivity contribution in [2.45, 2.75) is 6.04 Å². The molecule has 1 unspecified atom stereocenters. The number of nitrogens with one attached hydrogen (secondary N) is 2. The van der Waals surface area contributed by atoms with Gasteiger partial charge in [0, 0.05) is 7.05 Å². The van der Waals surface area contributed by atoms with Gasteiger partial charge < -0.3 is 10.1 Å². The third-order valence-corrected chi connectivity index (χ3v) is 2.52. The number of carbonyl (C=O) groups is 1. The number of guanidine groups is 1. The molecule has 1 saturated heterocycles. The van der Waals surface area contributed by atoms with E-state index >= 15 is 0 Å². The molecule has 1 aliphatic heterocycles.